The number of carbonyl (C=O) groups excluding carboxylic acids is 1. The van der Waals surface area contributed by atoms with Crippen molar-refractivity contribution in [3.05, 3.63) is 54.6 Å². The van der Waals surface area contributed by atoms with Crippen molar-refractivity contribution in [2.45, 2.75) is 4.34 Å². The molecule has 1 aliphatic heterocycles. The zero-order chi connectivity index (χ0) is 20.8. The number of amides is 1. The SMILES string of the molecule is COc1ccc(N2CCN(C(=O)CSc3nnc(Nc4ccccc4)s3)CC2)cc1. The van der Waals surface area contributed by atoms with E-state index in [2.05, 4.69) is 32.5 Å². The Hall–Kier alpha value is -2.78. The van der Waals surface area contributed by atoms with Crippen LogP contribution >= 0.6 is 23.1 Å². The van der Waals surface area contributed by atoms with E-state index >= 15 is 0 Å². The first-order chi connectivity index (χ1) is 14.7. The van der Waals surface area contributed by atoms with Gasteiger partial charge < -0.3 is 19.9 Å². The fraction of sp³-hybridized carbons (Fsp3) is 0.286. The number of carbonyl (C=O) groups is 1. The Morgan fingerprint density at radius 1 is 1.07 bits per heavy atom. The number of ether oxygens (including phenoxy) is 1. The number of benzene rings is 2. The number of aromatic nitrogens is 2. The normalized spacial score (nSPS) is 13.9. The van der Waals surface area contributed by atoms with Crippen molar-refractivity contribution in [3.8, 4) is 5.75 Å². The standard InChI is InChI=1S/C21H23N5O2S2/c1-28-18-9-7-17(8-10-18)25-11-13-26(14-12-25)19(27)15-29-21-24-23-20(30-21)22-16-5-3-2-4-6-16/h2-10H,11-15H2,1H3,(H,22,23). The molecule has 156 valence electrons. The summed E-state index contributed by atoms with van der Waals surface area (Å²) in [6, 6.07) is 17.9. The molecule has 0 atom stereocenters. The number of para-hydroxylation sites is 1. The third-order valence-corrected chi connectivity index (χ3v) is 6.78. The van der Waals surface area contributed by atoms with Crippen LogP contribution in [0.25, 0.3) is 0 Å². The topological polar surface area (TPSA) is 70.6 Å². The highest BCUT2D eigenvalue weighted by atomic mass is 32.2. The third kappa shape index (κ3) is 5.22. The molecule has 0 unspecified atom stereocenters. The molecule has 1 N–H and O–H groups in total. The molecule has 7 nitrogen and oxygen atoms in total. The van der Waals surface area contributed by atoms with Crippen molar-refractivity contribution < 1.29 is 9.53 Å². The van der Waals surface area contributed by atoms with E-state index in [1.165, 1.54) is 23.1 Å². The van der Waals surface area contributed by atoms with Gasteiger partial charge in [-0.05, 0) is 36.4 Å². The summed E-state index contributed by atoms with van der Waals surface area (Å²) in [5.74, 6) is 1.37. The summed E-state index contributed by atoms with van der Waals surface area (Å²) in [5, 5.41) is 12.3. The molecule has 2 aromatic carbocycles. The minimum absolute atomic E-state index is 0.141. The lowest BCUT2D eigenvalue weighted by molar-refractivity contribution is -0.128. The zero-order valence-corrected chi connectivity index (χ0v) is 18.3. The summed E-state index contributed by atoms with van der Waals surface area (Å²) in [6.45, 7) is 3.10. The van der Waals surface area contributed by atoms with E-state index in [4.69, 9.17) is 4.74 Å². The largest absolute Gasteiger partial charge is 0.497 e. The number of methoxy groups -OCH3 is 1. The van der Waals surface area contributed by atoms with Gasteiger partial charge in [-0.3, -0.25) is 4.79 Å². The highest BCUT2D eigenvalue weighted by Crippen LogP contribution is 2.28. The van der Waals surface area contributed by atoms with Gasteiger partial charge in [0.25, 0.3) is 0 Å². The Balaban J connectivity index is 1.23. The summed E-state index contributed by atoms with van der Waals surface area (Å²) in [5.41, 5.74) is 2.13. The number of nitrogens with zero attached hydrogens (tertiary/aromatic N) is 4. The number of thioether (sulfide) groups is 1. The van der Waals surface area contributed by atoms with Gasteiger partial charge in [-0.25, -0.2) is 0 Å². The van der Waals surface area contributed by atoms with Gasteiger partial charge in [-0.1, -0.05) is 41.3 Å². The van der Waals surface area contributed by atoms with Crippen molar-refractivity contribution in [3.63, 3.8) is 0 Å². The van der Waals surface area contributed by atoms with Crippen molar-refractivity contribution >= 4 is 45.5 Å². The Morgan fingerprint density at radius 2 is 1.80 bits per heavy atom. The van der Waals surface area contributed by atoms with Crippen LogP contribution in [0.2, 0.25) is 0 Å². The molecule has 0 bridgehead atoms. The van der Waals surface area contributed by atoms with Crippen LogP contribution in [0.4, 0.5) is 16.5 Å². The number of hydrogen-bond acceptors (Lipinski definition) is 8. The molecule has 2 heterocycles. The monoisotopic (exact) mass is 441 g/mol. The minimum Gasteiger partial charge on any atom is -0.497 e. The van der Waals surface area contributed by atoms with Crippen LogP contribution < -0.4 is 15.0 Å². The van der Waals surface area contributed by atoms with E-state index < -0.39 is 0 Å². The third-order valence-electron chi connectivity index (χ3n) is 4.82. The van der Waals surface area contributed by atoms with Crippen LogP contribution in [0.3, 0.4) is 0 Å². The summed E-state index contributed by atoms with van der Waals surface area (Å²) >= 11 is 2.90. The summed E-state index contributed by atoms with van der Waals surface area (Å²) in [6.07, 6.45) is 0. The average Bonchev–Trinajstić information content (AvgIpc) is 3.25. The molecule has 1 aliphatic rings. The van der Waals surface area contributed by atoms with Crippen molar-refractivity contribution in [2.75, 3.05) is 49.3 Å². The maximum absolute atomic E-state index is 12.6. The van der Waals surface area contributed by atoms with E-state index in [0.29, 0.717) is 5.75 Å². The van der Waals surface area contributed by atoms with Crippen molar-refractivity contribution in [1.82, 2.24) is 15.1 Å². The zero-order valence-electron chi connectivity index (χ0n) is 16.7. The number of nitrogens with one attached hydrogen (secondary N) is 1. The quantitative estimate of drug-likeness (QED) is 0.560. The first kappa shape index (κ1) is 20.5. The van der Waals surface area contributed by atoms with Gasteiger partial charge in [0.2, 0.25) is 11.0 Å². The Labute approximate surface area is 184 Å². The summed E-state index contributed by atoms with van der Waals surface area (Å²) in [4.78, 5) is 16.8. The molecular formula is C21H23N5O2S2. The molecule has 9 heteroatoms. The van der Waals surface area contributed by atoms with Gasteiger partial charge in [0.05, 0.1) is 12.9 Å². The molecule has 1 aromatic heterocycles. The van der Waals surface area contributed by atoms with Gasteiger partial charge in [-0.15, -0.1) is 10.2 Å². The second kappa shape index (κ2) is 9.82. The summed E-state index contributed by atoms with van der Waals surface area (Å²) in [7, 11) is 1.67. The van der Waals surface area contributed by atoms with E-state index in [9.17, 15) is 4.79 Å². The van der Waals surface area contributed by atoms with Gasteiger partial charge in [-0.2, -0.15) is 0 Å². The van der Waals surface area contributed by atoms with Crippen LogP contribution in [-0.4, -0.2) is 60.0 Å². The molecule has 30 heavy (non-hydrogen) atoms. The van der Waals surface area contributed by atoms with Crippen LogP contribution in [0.1, 0.15) is 0 Å². The molecule has 1 saturated heterocycles. The van der Waals surface area contributed by atoms with Gasteiger partial charge in [0.15, 0.2) is 4.34 Å². The molecule has 0 spiro atoms. The Morgan fingerprint density at radius 3 is 2.50 bits per heavy atom. The van der Waals surface area contributed by atoms with E-state index in [-0.39, 0.29) is 5.91 Å². The molecule has 4 rings (SSSR count). The highest BCUT2D eigenvalue weighted by Gasteiger charge is 2.22. The maximum Gasteiger partial charge on any atom is 0.233 e. The lowest BCUT2D eigenvalue weighted by Gasteiger charge is -2.36. The second-order valence-electron chi connectivity index (χ2n) is 6.72. The molecule has 1 fully saturated rings. The molecule has 0 aliphatic carbocycles. The predicted octanol–water partition coefficient (Wildman–Crippen LogP) is 3.73. The minimum atomic E-state index is 0.141. The van der Waals surface area contributed by atoms with Crippen LogP contribution in [0, 0.1) is 0 Å². The van der Waals surface area contributed by atoms with E-state index in [1.54, 1.807) is 7.11 Å². The van der Waals surface area contributed by atoms with Crippen LogP contribution in [0.15, 0.2) is 58.9 Å². The second-order valence-corrected chi connectivity index (χ2v) is 8.92. The average molecular weight is 442 g/mol. The lowest BCUT2D eigenvalue weighted by atomic mass is 10.2. The van der Waals surface area contributed by atoms with E-state index in [0.717, 1.165) is 52.8 Å². The number of anilines is 3. The molecule has 0 saturated carbocycles. The Bertz CT molecular complexity index is 957. The molecule has 1 amide bonds. The van der Waals surface area contributed by atoms with Gasteiger partial charge >= 0.3 is 0 Å². The predicted molar refractivity (Wildman–Crippen MR) is 122 cm³/mol. The van der Waals surface area contributed by atoms with Crippen LogP contribution in [-0.2, 0) is 4.79 Å². The van der Waals surface area contributed by atoms with Crippen molar-refractivity contribution in [1.29, 1.82) is 0 Å². The van der Waals surface area contributed by atoms with E-state index in [1.807, 2.05) is 47.4 Å². The first-order valence-electron chi connectivity index (χ1n) is 9.66. The fourth-order valence-corrected chi connectivity index (χ4v) is 4.86. The number of piperazine rings is 1. The summed E-state index contributed by atoms with van der Waals surface area (Å²) < 4.78 is 6.00. The number of rotatable bonds is 7. The van der Waals surface area contributed by atoms with Crippen LogP contribution in [0.5, 0.6) is 5.75 Å². The van der Waals surface area contributed by atoms with Gasteiger partial charge in [0, 0.05) is 37.6 Å². The first-order valence-corrected chi connectivity index (χ1v) is 11.5. The Kier molecular flexibility index (Phi) is 6.70. The number of hydrogen-bond donors (Lipinski definition) is 1. The van der Waals surface area contributed by atoms with Crippen molar-refractivity contribution in [2.24, 2.45) is 0 Å². The fourth-order valence-electron chi connectivity index (χ4n) is 3.19. The molecule has 3 aromatic rings. The maximum atomic E-state index is 12.6. The highest BCUT2D eigenvalue weighted by molar-refractivity contribution is 8.01. The lowest BCUT2D eigenvalue weighted by Crippen LogP contribution is -2.49. The molecule has 0 radical (unpaired) electrons. The molecular weight excluding hydrogens is 418 g/mol. The smallest absolute Gasteiger partial charge is 0.233 e. The van der Waals surface area contributed by atoms with Gasteiger partial charge in [0.1, 0.15) is 5.75 Å².